The van der Waals surface area contributed by atoms with E-state index in [2.05, 4.69) is 18.7 Å². The van der Waals surface area contributed by atoms with Crippen molar-refractivity contribution in [2.24, 2.45) is 0 Å². The second kappa shape index (κ2) is 6.23. The minimum atomic E-state index is 0.629. The van der Waals surface area contributed by atoms with Gasteiger partial charge in [0.2, 0.25) is 6.29 Å². The van der Waals surface area contributed by atoms with Crippen LogP contribution in [0.5, 0.6) is 0 Å². The van der Waals surface area contributed by atoms with Crippen molar-refractivity contribution in [3.63, 3.8) is 0 Å². The standard InChI is InChI=1S/C13H18NO/c1-3-8-14(9-4-2)13-7-5-6-12(10-13)11-15/h5-7,10H,3-4,8-9H2,1-2H3. The van der Waals surface area contributed by atoms with Gasteiger partial charge in [0.05, 0.1) is 0 Å². The zero-order valence-corrected chi connectivity index (χ0v) is 9.49. The summed E-state index contributed by atoms with van der Waals surface area (Å²) in [5.41, 5.74) is 1.75. The molecule has 1 radical (unpaired) electrons. The van der Waals surface area contributed by atoms with Gasteiger partial charge in [0.15, 0.2) is 0 Å². The van der Waals surface area contributed by atoms with E-state index in [1.54, 1.807) is 6.07 Å². The van der Waals surface area contributed by atoms with Crippen LogP contribution in [0.3, 0.4) is 0 Å². The van der Waals surface area contributed by atoms with Gasteiger partial charge in [-0.25, -0.2) is 0 Å². The molecule has 0 aromatic heterocycles. The average molecular weight is 204 g/mol. The Kier molecular flexibility index (Phi) is 4.88. The third-order valence-corrected chi connectivity index (χ3v) is 2.32. The Bertz CT molecular complexity index is 303. The van der Waals surface area contributed by atoms with Crippen molar-refractivity contribution in [2.75, 3.05) is 18.0 Å². The third kappa shape index (κ3) is 3.39. The number of rotatable bonds is 6. The summed E-state index contributed by atoms with van der Waals surface area (Å²) >= 11 is 0. The molecule has 0 spiro atoms. The number of carbonyl (C=O) groups excluding carboxylic acids is 1. The van der Waals surface area contributed by atoms with Crippen molar-refractivity contribution in [2.45, 2.75) is 26.7 Å². The van der Waals surface area contributed by atoms with Crippen LogP contribution in [0.4, 0.5) is 5.69 Å². The molecule has 1 rings (SSSR count). The fraction of sp³-hybridized carbons (Fsp3) is 0.462. The zero-order chi connectivity index (χ0) is 11.1. The lowest BCUT2D eigenvalue weighted by Crippen LogP contribution is -2.24. The van der Waals surface area contributed by atoms with Gasteiger partial charge in [-0.2, -0.15) is 0 Å². The summed E-state index contributed by atoms with van der Waals surface area (Å²) in [5.74, 6) is 0. The molecule has 0 atom stereocenters. The van der Waals surface area contributed by atoms with Gasteiger partial charge in [0.1, 0.15) is 0 Å². The number of hydrogen-bond donors (Lipinski definition) is 0. The molecule has 81 valence electrons. The molecule has 0 amide bonds. The lowest BCUT2D eigenvalue weighted by Gasteiger charge is -2.23. The van der Waals surface area contributed by atoms with Crippen LogP contribution in [0.25, 0.3) is 0 Å². The molecule has 1 aromatic rings. The normalized spacial score (nSPS) is 10.0. The second-order valence-corrected chi connectivity index (χ2v) is 3.64. The predicted molar refractivity (Wildman–Crippen MR) is 64.0 cm³/mol. The summed E-state index contributed by atoms with van der Waals surface area (Å²) in [6, 6.07) is 7.64. The van der Waals surface area contributed by atoms with Crippen molar-refractivity contribution >= 4 is 12.0 Å². The minimum Gasteiger partial charge on any atom is -0.372 e. The largest absolute Gasteiger partial charge is 0.372 e. The first-order valence-electron chi connectivity index (χ1n) is 5.55. The van der Waals surface area contributed by atoms with Gasteiger partial charge in [0, 0.05) is 24.3 Å². The Morgan fingerprint density at radius 3 is 2.40 bits per heavy atom. The SMILES string of the molecule is CCCN(CCC)c1cccc([C]=O)c1. The fourth-order valence-electron chi connectivity index (χ4n) is 1.68. The van der Waals surface area contributed by atoms with Gasteiger partial charge < -0.3 is 4.90 Å². The van der Waals surface area contributed by atoms with E-state index in [4.69, 9.17) is 0 Å². The van der Waals surface area contributed by atoms with E-state index in [0.717, 1.165) is 31.6 Å². The minimum absolute atomic E-state index is 0.629. The zero-order valence-electron chi connectivity index (χ0n) is 9.49. The van der Waals surface area contributed by atoms with E-state index in [9.17, 15) is 4.79 Å². The van der Waals surface area contributed by atoms with E-state index < -0.39 is 0 Å². The molecule has 0 saturated heterocycles. The highest BCUT2D eigenvalue weighted by Gasteiger charge is 2.04. The number of anilines is 1. The van der Waals surface area contributed by atoms with E-state index in [1.807, 2.05) is 24.5 Å². The van der Waals surface area contributed by atoms with Gasteiger partial charge in [-0.05, 0) is 25.0 Å². The molecule has 0 bridgehead atoms. The van der Waals surface area contributed by atoms with Crippen molar-refractivity contribution in [3.05, 3.63) is 29.8 Å². The first-order chi connectivity index (χ1) is 7.31. The maximum Gasteiger partial charge on any atom is 0.233 e. The highest BCUT2D eigenvalue weighted by Crippen LogP contribution is 2.16. The van der Waals surface area contributed by atoms with Crippen LogP contribution < -0.4 is 4.90 Å². The van der Waals surface area contributed by atoms with E-state index in [1.165, 1.54) is 0 Å². The van der Waals surface area contributed by atoms with E-state index in [-0.39, 0.29) is 0 Å². The topological polar surface area (TPSA) is 20.3 Å². The number of nitrogens with zero attached hydrogens (tertiary/aromatic N) is 1. The summed E-state index contributed by atoms with van der Waals surface area (Å²) in [6.45, 7) is 6.41. The number of benzene rings is 1. The lowest BCUT2D eigenvalue weighted by molar-refractivity contribution is 0.562. The van der Waals surface area contributed by atoms with Gasteiger partial charge in [-0.1, -0.05) is 26.0 Å². The Morgan fingerprint density at radius 2 is 1.87 bits per heavy atom. The molecule has 0 N–H and O–H groups in total. The molecule has 0 fully saturated rings. The van der Waals surface area contributed by atoms with Crippen LogP contribution in [-0.4, -0.2) is 19.4 Å². The molecule has 2 nitrogen and oxygen atoms in total. The fourth-order valence-corrected chi connectivity index (χ4v) is 1.68. The molecular formula is C13H18NO. The monoisotopic (exact) mass is 204 g/mol. The molecule has 0 aliphatic heterocycles. The summed E-state index contributed by atoms with van der Waals surface area (Å²) in [6.07, 6.45) is 4.17. The first-order valence-corrected chi connectivity index (χ1v) is 5.55. The summed E-state index contributed by atoms with van der Waals surface area (Å²) < 4.78 is 0. The molecule has 1 aromatic carbocycles. The molecule has 0 aliphatic carbocycles. The van der Waals surface area contributed by atoms with Gasteiger partial charge in [-0.3, -0.25) is 4.79 Å². The number of hydrogen-bond acceptors (Lipinski definition) is 2. The average Bonchev–Trinajstić information content (AvgIpc) is 2.29. The summed E-state index contributed by atoms with van der Waals surface area (Å²) in [4.78, 5) is 12.9. The molecule has 15 heavy (non-hydrogen) atoms. The molecule has 0 aliphatic rings. The quantitative estimate of drug-likeness (QED) is 0.710. The smallest absolute Gasteiger partial charge is 0.233 e. The summed E-state index contributed by atoms with van der Waals surface area (Å²) in [7, 11) is 0. The van der Waals surface area contributed by atoms with Crippen molar-refractivity contribution in [1.29, 1.82) is 0 Å². The maximum atomic E-state index is 10.6. The van der Waals surface area contributed by atoms with Crippen LogP contribution in [0.2, 0.25) is 0 Å². The van der Waals surface area contributed by atoms with E-state index in [0.29, 0.717) is 5.56 Å². The van der Waals surface area contributed by atoms with Gasteiger partial charge in [-0.15, -0.1) is 0 Å². The Morgan fingerprint density at radius 1 is 1.20 bits per heavy atom. The first kappa shape index (κ1) is 11.8. The Labute approximate surface area is 91.9 Å². The molecule has 0 heterocycles. The van der Waals surface area contributed by atoms with Crippen LogP contribution in [0.1, 0.15) is 32.3 Å². The molecule has 0 unspecified atom stereocenters. The van der Waals surface area contributed by atoms with Crippen LogP contribution in [0.15, 0.2) is 24.3 Å². The maximum absolute atomic E-state index is 10.6. The van der Waals surface area contributed by atoms with Crippen molar-refractivity contribution in [3.8, 4) is 0 Å². The predicted octanol–water partition coefficient (Wildman–Crippen LogP) is 2.77. The Hall–Kier alpha value is -1.31. The Balaban J connectivity index is 2.83. The third-order valence-electron chi connectivity index (χ3n) is 2.32. The van der Waals surface area contributed by atoms with Crippen molar-refractivity contribution in [1.82, 2.24) is 0 Å². The van der Waals surface area contributed by atoms with Gasteiger partial charge in [0.25, 0.3) is 0 Å². The van der Waals surface area contributed by atoms with Crippen LogP contribution >= 0.6 is 0 Å². The van der Waals surface area contributed by atoms with Gasteiger partial charge >= 0.3 is 0 Å². The lowest BCUT2D eigenvalue weighted by atomic mass is 10.2. The molecular weight excluding hydrogens is 186 g/mol. The molecule has 2 heteroatoms. The second-order valence-electron chi connectivity index (χ2n) is 3.64. The van der Waals surface area contributed by atoms with Crippen molar-refractivity contribution < 1.29 is 4.79 Å². The van der Waals surface area contributed by atoms with Crippen LogP contribution in [-0.2, 0) is 4.79 Å². The van der Waals surface area contributed by atoms with E-state index >= 15 is 0 Å². The summed E-state index contributed by atoms with van der Waals surface area (Å²) in [5, 5.41) is 0. The highest BCUT2D eigenvalue weighted by molar-refractivity contribution is 5.77. The van der Waals surface area contributed by atoms with Crippen LogP contribution in [0, 0.1) is 0 Å². The molecule has 0 saturated carbocycles. The highest BCUT2D eigenvalue weighted by atomic mass is 16.1.